The molecule has 0 amide bonds. The van der Waals surface area contributed by atoms with Gasteiger partial charge in [-0.3, -0.25) is 0 Å². The van der Waals surface area contributed by atoms with E-state index < -0.39 is 0 Å². The van der Waals surface area contributed by atoms with Gasteiger partial charge in [0.1, 0.15) is 0 Å². The molecule has 2 aliphatic rings. The van der Waals surface area contributed by atoms with Crippen LogP contribution >= 0.6 is 23.1 Å². The fourth-order valence-corrected chi connectivity index (χ4v) is 9.25. The van der Waals surface area contributed by atoms with Crippen LogP contribution in [-0.2, 0) is 0 Å². The van der Waals surface area contributed by atoms with Gasteiger partial charge < -0.3 is 9.13 Å². The van der Waals surface area contributed by atoms with E-state index in [-0.39, 0.29) is 0 Å². The second kappa shape index (κ2) is 9.00. The number of aromatic nitrogens is 2. The van der Waals surface area contributed by atoms with Gasteiger partial charge in [0.25, 0.3) is 0 Å². The SMILES string of the molecule is C1=C(n2c3ccccc3c3cc(-c4cccc(-c5ccc6c(c5)c5ccccc5n6-c5cccs5)c4)ccc32)SC2CC12. The van der Waals surface area contributed by atoms with Crippen molar-refractivity contribution in [1.29, 1.82) is 0 Å². The van der Waals surface area contributed by atoms with Gasteiger partial charge in [0.2, 0.25) is 0 Å². The summed E-state index contributed by atoms with van der Waals surface area (Å²) in [6.45, 7) is 0. The van der Waals surface area contributed by atoms with Crippen LogP contribution in [0.15, 0.2) is 133 Å². The van der Waals surface area contributed by atoms with Crippen LogP contribution in [0, 0.1) is 5.92 Å². The van der Waals surface area contributed by atoms with Crippen molar-refractivity contribution >= 4 is 71.7 Å². The van der Waals surface area contributed by atoms with Gasteiger partial charge in [0, 0.05) is 26.8 Å². The van der Waals surface area contributed by atoms with Crippen LogP contribution in [0.1, 0.15) is 6.42 Å². The third kappa shape index (κ3) is 3.60. The highest BCUT2D eigenvalue weighted by molar-refractivity contribution is 8.09. The number of rotatable bonds is 4. The highest BCUT2D eigenvalue weighted by Gasteiger charge is 2.42. The zero-order chi connectivity index (χ0) is 28.1. The summed E-state index contributed by atoms with van der Waals surface area (Å²) >= 11 is 3.83. The number of nitrogens with zero attached hydrogens (tertiary/aromatic N) is 2. The lowest BCUT2D eigenvalue weighted by Gasteiger charge is -2.10. The smallest absolute Gasteiger partial charge is 0.0999 e. The topological polar surface area (TPSA) is 9.86 Å². The minimum absolute atomic E-state index is 0.768. The van der Waals surface area contributed by atoms with E-state index in [4.69, 9.17) is 0 Å². The summed E-state index contributed by atoms with van der Waals surface area (Å²) in [4.78, 5) is 0. The maximum absolute atomic E-state index is 2.49. The maximum Gasteiger partial charge on any atom is 0.0999 e. The Balaban J connectivity index is 1.10. The quantitative estimate of drug-likeness (QED) is 0.199. The molecule has 0 N–H and O–H groups in total. The van der Waals surface area contributed by atoms with Crippen LogP contribution in [0.4, 0.5) is 0 Å². The Bertz CT molecular complexity index is 2420. The Morgan fingerprint density at radius 2 is 1.12 bits per heavy atom. The van der Waals surface area contributed by atoms with Crippen molar-refractivity contribution in [3.63, 3.8) is 0 Å². The minimum atomic E-state index is 0.768. The largest absolute Gasteiger partial charge is 0.304 e. The van der Waals surface area contributed by atoms with Gasteiger partial charge in [-0.05, 0) is 101 Å². The molecule has 0 bridgehead atoms. The van der Waals surface area contributed by atoms with E-state index in [9.17, 15) is 0 Å². The second-order valence-electron chi connectivity index (χ2n) is 11.8. The second-order valence-corrected chi connectivity index (χ2v) is 13.9. The van der Waals surface area contributed by atoms with E-state index in [1.165, 1.54) is 82.3 Å². The predicted molar refractivity (Wildman–Crippen MR) is 186 cm³/mol. The fourth-order valence-electron chi connectivity index (χ4n) is 7.06. The van der Waals surface area contributed by atoms with Gasteiger partial charge in [-0.25, -0.2) is 0 Å². The fraction of sp³-hybridized carbons (Fsp3) is 0.0769. The third-order valence-electron chi connectivity index (χ3n) is 9.23. The van der Waals surface area contributed by atoms with Crippen LogP contribution < -0.4 is 0 Å². The van der Waals surface area contributed by atoms with E-state index >= 15 is 0 Å². The first kappa shape index (κ1) is 24.0. The summed E-state index contributed by atoms with van der Waals surface area (Å²) in [5.74, 6) is 0.768. The van der Waals surface area contributed by atoms with Crippen molar-refractivity contribution < 1.29 is 0 Å². The molecule has 2 nitrogen and oxygen atoms in total. The lowest BCUT2D eigenvalue weighted by atomic mass is 9.97. The number of hydrogen-bond acceptors (Lipinski definition) is 2. The highest BCUT2D eigenvalue weighted by atomic mass is 32.2. The lowest BCUT2D eigenvalue weighted by molar-refractivity contribution is 1.13. The highest BCUT2D eigenvalue weighted by Crippen LogP contribution is 2.55. The molecule has 0 saturated heterocycles. The molecule has 1 saturated carbocycles. The van der Waals surface area contributed by atoms with Crippen molar-refractivity contribution in [2.24, 2.45) is 5.92 Å². The molecule has 0 spiro atoms. The molecule has 2 unspecified atom stereocenters. The average molecular weight is 587 g/mol. The van der Waals surface area contributed by atoms with Crippen LogP contribution in [0.3, 0.4) is 0 Å². The molecular formula is C39H26N2S2. The minimum Gasteiger partial charge on any atom is -0.304 e. The van der Waals surface area contributed by atoms with Gasteiger partial charge in [-0.1, -0.05) is 66.7 Å². The van der Waals surface area contributed by atoms with Crippen LogP contribution in [-0.4, -0.2) is 14.4 Å². The molecule has 1 aliphatic carbocycles. The third-order valence-corrected chi connectivity index (χ3v) is 11.5. The number of benzene rings is 5. The zero-order valence-corrected chi connectivity index (χ0v) is 24.9. The maximum atomic E-state index is 2.49. The Morgan fingerprint density at radius 3 is 1.74 bits per heavy atom. The molecule has 204 valence electrons. The van der Waals surface area contributed by atoms with Crippen LogP contribution in [0.5, 0.6) is 0 Å². The Morgan fingerprint density at radius 1 is 0.512 bits per heavy atom. The standard InChI is InChI=1S/C39H26N2S2/c1-3-11-33-29(9-1)31-20-26(14-16-35(31)40(33)38-13-6-18-42-38)24-7-5-8-25(19-24)27-15-17-36-32(21-27)30-10-2-4-12-34(30)41(36)39-23-28-22-37(28)43-39/h1-21,23,28,37H,22H2. The number of hydrogen-bond donors (Lipinski definition) is 0. The lowest BCUT2D eigenvalue weighted by Crippen LogP contribution is -1.93. The summed E-state index contributed by atoms with van der Waals surface area (Å²) in [6, 6.07) is 45.0. The normalized spacial score (nSPS) is 17.7. The van der Waals surface area contributed by atoms with Gasteiger partial charge >= 0.3 is 0 Å². The monoisotopic (exact) mass is 586 g/mol. The van der Waals surface area contributed by atoms with Gasteiger partial charge in [0.05, 0.1) is 32.1 Å². The summed E-state index contributed by atoms with van der Waals surface area (Å²) in [7, 11) is 0. The first-order chi connectivity index (χ1) is 21.3. The van der Waals surface area contributed by atoms with E-state index in [0.29, 0.717) is 0 Å². The molecule has 5 aromatic carbocycles. The number of thioether (sulfide) groups is 1. The van der Waals surface area contributed by atoms with Crippen molar-refractivity contribution in [3.05, 3.63) is 133 Å². The molecule has 1 aliphatic heterocycles. The van der Waals surface area contributed by atoms with Crippen molar-refractivity contribution in [1.82, 2.24) is 9.13 Å². The average Bonchev–Trinajstić information content (AvgIpc) is 3.49. The molecule has 0 radical (unpaired) electrons. The summed E-state index contributed by atoms with van der Waals surface area (Å²) in [5, 5.41) is 10.8. The van der Waals surface area contributed by atoms with E-state index in [2.05, 4.69) is 154 Å². The van der Waals surface area contributed by atoms with E-state index in [1.54, 1.807) is 11.3 Å². The summed E-state index contributed by atoms with van der Waals surface area (Å²) in [6.07, 6.45) is 3.84. The van der Waals surface area contributed by atoms with Crippen LogP contribution in [0.2, 0.25) is 0 Å². The summed E-state index contributed by atoms with van der Waals surface area (Å²) < 4.78 is 4.88. The predicted octanol–water partition coefficient (Wildman–Crippen LogP) is 11.2. The van der Waals surface area contributed by atoms with Crippen molar-refractivity contribution in [2.75, 3.05) is 0 Å². The Labute approximate surface area is 257 Å². The number of para-hydroxylation sites is 2. The molecule has 4 heteroatoms. The van der Waals surface area contributed by atoms with Crippen LogP contribution in [0.25, 0.3) is 75.9 Å². The molecule has 4 heterocycles. The molecular weight excluding hydrogens is 561 g/mol. The van der Waals surface area contributed by atoms with E-state index in [1.807, 2.05) is 0 Å². The van der Waals surface area contributed by atoms with Gasteiger partial charge in [-0.15, -0.1) is 23.1 Å². The summed E-state index contributed by atoms with van der Waals surface area (Å²) in [5.41, 5.74) is 10.1. The van der Waals surface area contributed by atoms with Gasteiger partial charge in [0.15, 0.2) is 0 Å². The first-order valence-electron chi connectivity index (χ1n) is 14.9. The Hall–Kier alpha value is -4.51. The number of fused-ring (bicyclic) bond motifs is 7. The van der Waals surface area contributed by atoms with Crippen molar-refractivity contribution in [2.45, 2.75) is 11.7 Å². The first-order valence-corrected chi connectivity index (χ1v) is 16.7. The molecule has 3 aromatic heterocycles. The number of allylic oxidation sites excluding steroid dienone is 1. The molecule has 8 aromatic rings. The molecule has 1 fully saturated rings. The molecule has 43 heavy (non-hydrogen) atoms. The van der Waals surface area contributed by atoms with Gasteiger partial charge in [-0.2, -0.15) is 0 Å². The van der Waals surface area contributed by atoms with Crippen molar-refractivity contribution in [3.8, 4) is 27.3 Å². The number of thiophene rings is 1. The molecule has 2 atom stereocenters. The Kier molecular flexibility index (Phi) is 5.02. The molecule has 10 rings (SSSR count). The van der Waals surface area contributed by atoms with E-state index in [0.717, 1.165) is 11.2 Å². The zero-order valence-electron chi connectivity index (χ0n) is 23.3.